The molecule has 0 bridgehead atoms. The number of anilines is 2. The number of nitrogens with two attached hydrogens (primary N) is 1. The third kappa shape index (κ3) is 2.84. The first-order valence-electron chi connectivity index (χ1n) is 6.08. The van der Waals surface area contributed by atoms with Crippen LogP contribution in [0.1, 0.15) is 9.67 Å². The molecule has 0 atom stereocenters. The van der Waals surface area contributed by atoms with Gasteiger partial charge in [-0.05, 0) is 47.9 Å². The van der Waals surface area contributed by atoms with E-state index in [1.807, 2.05) is 6.07 Å². The fourth-order valence-electron chi connectivity index (χ4n) is 1.95. The first-order chi connectivity index (χ1) is 10.0. The maximum atomic E-state index is 13.6. The lowest BCUT2D eigenvalue weighted by Gasteiger charge is -2.05. The third-order valence-corrected chi connectivity index (χ3v) is 4.29. The van der Waals surface area contributed by atoms with Gasteiger partial charge in [0.2, 0.25) is 0 Å². The van der Waals surface area contributed by atoms with Gasteiger partial charge in [-0.3, -0.25) is 4.79 Å². The lowest BCUT2D eigenvalue weighted by atomic mass is 10.2. The molecule has 0 saturated carbocycles. The summed E-state index contributed by atoms with van der Waals surface area (Å²) >= 11 is 7.12. The highest BCUT2D eigenvalue weighted by Gasteiger charge is 2.13. The van der Waals surface area contributed by atoms with Crippen LogP contribution >= 0.6 is 22.9 Å². The Balaban J connectivity index is 1.91. The topological polar surface area (TPSA) is 55.1 Å². The average Bonchev–Trinajstić information content (AvgIpc) is 2.86. The second kappa shape index (κ2) is 5.35. The fraction of sp³-hybridized carbons (Fsp3) is 0. The van der Waals surface area contributed by atoms with Gasteiger partial charge < -0.3 is 11.1 Å². The predicted octanol–water partition coefficient (Wildman–Crippen LogP) is 4.53. The zero-order valence-electron chi connectivity index (χ0n) is 10.7. The Kier molecular flexibility index (Phi) is 3.53. The standard InChI is InChI=1S/C15H10ClFN2OS/c16-9-1-3-11(17)12(7-9)19-15(20)14-6-8-5-10(18)2-4-13(8)21-14/h1-7H,18H2,(H,19,20). The largest absolute Gasteiger partial charge is 0.399 e. The van der Waals surface area contributed by atoms with Crippen LogP contribution in [-0.2, 0) is 0 Å². The quantitative estimate of drug-likeness (QED) is 0.682. The highest BCUT2D eigenvalue weighted by Crippen LogP contribution is 2.28. The molecule has 0 radical (unpaired) electrons. The van der Waals surface area contributed by atoms with Gasteiger partial charge in [0.05, 0.1) is 10.6 Å². The number of thiophene rings is 1. The number of nitrogen functional groups attached to an aromatic ring is 1. The molecule has 1 aromatic heterocycles. The van der Waals surface area contributed by atoms with Crippen molar-refractivity contribution >= 4 is 50.3 Å². The van der Waals surface area contributed by atoms with Crippen molar-refractivity contribution in [3.05, 3.63) is 58.2 Å². The Morgan fingerprint density at radius 3 is 2.81 bits per heavy atom. The molecule has 2 aromatic carbocycles. The maximum Gasteiger partial charge on any atom is 0.265 e. The van der Waals surface area contributed by atoms with Crippen LogP contribution in [0.25, 0.3) is 10.1 Å². The summed E-state index contributed by atoms with van der Waals surface area (Å²) in [6.45, 7) is 0. The van der Waals surface area contributed by atoms with Gasteiger partial charge in [0.1, 0.15) is 5.82 Å². The number of carbonyl (C=O) groups is 1. The number of rotatable bonds is 2. The number of nitrogens with one attached hydrogen (secondary N) is 1. The van der Waals surface area contributed by atoms with Crippen molar-refractivity contribution in [2.24, 2.45) is 0 Å². The smallest absolute Gasteiger partial charge is 0.265 e. The van der Waals surface area contributed by atoms with Gasteiger partial charge in [-0.1, -0.05) is 11.6 Å². The van der Waals surface area contributed by atoms with Gasteiger partial charge in [-0.2, -0.15) is 0 Å². The minimum Gasteiger partial charge on any atom is -0.399 e. The van der Waals surface area contributed by atoms with E-state index >= 15 is 0 Å². The highest BCUT2D eigenvalue weighted by atomic mass is 35.5. The number of amides is 1. The summed E-state index contributed by atoms with van der Waals surface area (Å²) in [6.07, 6.45) is 0. The normalized spacial score (nSPS) is 10.8. The molecule has 3 aromatic rings. The van der Waals surface area contributed by atoms with Crippen LogP contribution in [0.5, 0.6) is 0 Å². The molecule has 21 heavy (non-hydrogen) atoms. The molecule has 0 unspecified atom stereocenters. The third-order valence-electron chi connectivity index (χ3n) is 2.94. The number of hydrogen-bond acceptors (Lipinski definition) is 3. The van der Waals surface area contributed by atoms with E-state index < -0.39 is 5.82 Å². The van der Waals surface area contributed by atoms with Crippen LogP contribution in [0.2, 0.25) is 5.02 Å². The van der Waals surface area contributed by atoms with Crippen molar-refractivity contribution in [3.63, 3.8) is 0 Å². The van der Waals surface area contributed by atoms with Gasteiger partial charge >= 0.3 is 0 Å². The number of carbonyl (C=O) groups excluding carboxylic acids is 1. The van der Waals surface area contributed by atoms with Gasteiger partial charge in [0.15, 0.2) is 0 Å². The number of benzene rings is 2. The van der Waals surface area contributed by atoms with Crippen LogP contribution in [0, 0.1) is 5.82 Å². The van der Waals surface area contributed by atoms with E-state index in [1.54, 1.807) is 18.2 Å². The van der Waals surface area contributed by atoms with Gasteiger partial charge in [0.25, 0.3) is 5.91 Å². The number of hydrogen-bond donors (Lipinski definition) is 2. The molecule has 0 aliphatic rings. The second-order valence-corrected chi connectivity index (χ2v) is 6.01. The van der Waals surface area contributed by atoms with Crippen molar-refractivity contribution in [3.8, 4) is 0 Å². The zero-order valence-corrected chi connectivity index (χ0v) is 12.3. The molecule has 1 amide bonds. The van der Waals surface area contributed by atoms with Crippen LogP contribution in [-0.4, -0.2) is 5.91 Å². The zero-order chi connectivity index (χ0) is 15.0. The van der Waals surface area contributed by atoms with Crippen molar-refractivity contribution in [1.29, 1.82) is 0 Å². The molecule has 0 spiro atoms. The maximum absolute atomic E-state index is 13.6. The van der Waals surface area contributed by atoms with Crippen molar-refractivity contribution in [2.75, 3.05) is 11.1 Å². The fourth-order valence-corrected chi connectivity index (χ4v) is 3.06. The number of fused-ring (bicyclic) bond motifs is 1. The molecular formula is C15H10ClFN2OS. The molecular weight excluding hydrogens is 311 g/mol. The lowest BCUT2D eigenvalue weighted by Crippen LogP contribution is -2.11. The Hall–Kier alpha value is -2.11. The van der Waals surface area contributed by atoms with Crippen molar-refractivity contribution in [1.82, 2.24) is 0 Å². The lowest BCUT2D eigenvalue weighted by molar-refractivity contribution is 0.103. The summed E-state index contributed by atoms with van der Waals surface area (Å²) < 4.78 is 14.6. The molecule has 3 nitrogen and oxygen atoms in total. The van der Waals surface area contributed by atoms with E-state index in [2.05, 4.69) is 5.32 Å². The van der Waals surface area contributed by atoms with Gasteiger partial charge in [0, 0.05) is 15.4 Å². The van der Waals surface area contributed by atoms with Crippen LogP contribution in [0.15, 0.2) is 42.5 Å². The number of halogens is 2. The summed E-state index contributed by atoms with van der Waals surface area (Å²) in [5, 5.41) is 3.77. The second-order valence-electron chi connectivity index (χ2n) is 4.49. The van der Waals surface area contributed by atoms with Crippen molar-refractivity contribution in [2.45, 2.75) is 0 Å². The van der Waals surface area contributed by atoms with E-state index in [-0.39, 0.29) is 11.6 Å². The van der Waals surface area contributed by atoms with Gasteiger partial charge in [-0.15, -0.1) is 11.3 Å². The Labute approximate surface area is 129 Å². The van der Waals surface area contributed by atoms with Crippen LogP contribution in [0.4, 0.5) is 15.8 Å². The monoisotopic (exact) mass is 320 g/mol. The van der Waals surface area contributed by atoms with E-state index in [9.17, 15) is 9.18 Å². The summed E-state index contributed by atoms with van der Waals surface area (Å²) in [6, 6.07) is 11.2. The Morgan fingerprint density at radius 1 is 1.19 bits per heavy atom. The van der Waals surface area contributed by atoms with E-state index in [4.69, 9.17) is 17.3 Å². The van der Waals surface area contributed by atoms with Crippen molar-refractivity contribution < 1.29 is 9.18 Å². The van der Waals surface area contributed by atoms with E-state index in [1.165, 1.54) is 29.5 Å². The molecule has 0 aliphatic heterocycles. The van der Waals surface area contributed by atoms with E-state index in [0.29, 0.717) is 15.6 Å². The van der Waals surface area contributed by atoms with E-state index in [0.717, 1.165) is 10.1 Å². The molecule has 3 rings (SSSR count). The van der Waals surface area contributed by atoms with Gasteiger partial charge in [-0.25, -0.2) is 4.39 Å². The Morgan fingerprint density at radius 2 is 2.00 bits per heavy atom. The minimum absolute atomic E-state index is 0.0597. The average molecular weight is 321 g/mol. The molecule has 0 aliphatic carbocycles. The summed E-state index contributed by atoms with van der Waals surface area (Å²) in [5.41, 5.74) is 6.40. The molecule has 6 heteroatoms. The highest BCUT2D eigenvalue weighted by molar-refractivity contribution is 7.20. The first-order valence-corrected chi connectivity index (χ1v) is 7.28. The summed E-state index contributed by atoms with van der Waals surface area (Å²) in [5.74, 6) is -0.908. The first kappa shape index (κ1) is 13.9. The van der Waals surface area contributed by atoms with Crippen LogP contribution < -0.4 is 11.1 Å². The molecule has 0 fully saturated rings. The summed E-state index contributed by atoms with van der Waals surface area (Å²) in [7, 11) is 0. The SMILES string of the molecule is Nc1ccc2sc(C(=O)Nc3cc(Cl)ccc3F)cc2c1. The molecule has 106 valence electrons. The Bertz CT molecular complexity index is 847. The predicted molar refractivity (Wildman–Crippen MR) is 85.6 cm³/mol. The molecule has 0 saturated heterocycles. The summed E-state index contributed by atoms with van der Waals surface area (Å²) in [4.78, 5) is 12.7. The minimum atomic E-state index is -0.530. The molecule has 3 N–H and O–H groups in total. The molecule has 1 heterocycles. The van der Waals surface area contributed by atoms with Crippen LogP contribution in [0.3, 0.4) is 0 Å².